The zero-order chi connectivity index (χ0) is 19.0. The largest absolute Gasteiger partial charge is 0.388 e. The van der Waals surface area contributed by atoms with Gasteiger partial charge in [0.15, 0.2) is 6.29 Å². The summed E-state index contributed by atoms with van der Waals surface area (Å²) >= 11 is 0. The van der Waals surface area contributed by atoms with Crippen LogP contribution in [0.25, 0.3) is 0 Å². The fourth-order valence-corrected chi connectivity index (χ4v) is 6.79. The summed E-state index contributed by atoms with van der Waals surface area (Å²) in [4.78, 5) is 0. The molecular formula is C21H36O5. The Morgan fingerprint density at radius 1 is 0.885 bits per heavy atom. The summed E-state index contributed by atoms with van der Waals surface area (Å²) in [5.41, 5.74) is 0.0881. The fraction of sp³-hybridized carbons (Fsp3) is 1.00. The van der Waals surface area contributed by atoms with Gasteiger partial charge in [-0.05, 0) is 68.1 Å². The van der Waals surface area contributed by atoms with Crippen LogP contribution in [0.4, 0.5) is 0 Å². The maximum Gasteiger partial charge on any atom is 0.187 e. The molecule has 0 aromatic heterocycles. The van der Waals surface area contributed by atoms with E-state index in [9.17, 15) is 15.3 Å². The highest BCUT2D eigenvalue weighted by atomic mass is 16.7. The Labute approximate surface area is 157 Å². The highest BCUT2D eigenvalue weighted by molar-refractivity contribution is 5.15. The topological polar surface area (TPSA) is 79.2 Å². The van der Waals surface area contributed by atoms with E-state index in [-0.39, 0.29) is 5.60 Å². The van der Waals surface area contributed by atoms with Crippen molar-refractivity contribution in [3.63, 3.8) is 0 Å². The van der Waals surface area contributed by atoms with E-state index in [0.29, 0.717) is 23.2 Å². The molecule has 0 aromatic carbocycles. The molecule has 0 radical (unpaired) electrons. The second-order valence-corrected chi connectivity index (χ2v) is 10.3. The second-order valence-electron chi connectivity index (χ2n) is 10.3. The number of aliphatic hydroxyl groups is 3. The van der Waals surface area contributed by atoms with Crippen LogP contribution in [0.3, 0.4) is 0 Å². The van der Waals surface area contributed by atoms with Gasteiger partial charge in [0.1, 0.15) is 18.3 Å². The monoisotopic (exact) mass is 368 g/mol. The lowest BCUT2D eigenvalue weighted by atomic mass is 9.74. The van der Waals surface area contributed by atoms with E-state index in [4.69, 9.17) is 9.47 Å². The Morgan fingerprint density at radius 3 is 2.27 bits per heavy atom. The first-order valence-corrected chi connectivity index (χ1v) is 10.5. The van der Waals surface area contributed by atoms with Gasteiger partial charge < -0.3 is 24.8 Å². The van der Waals surface area contributed by atoms with Crippen LogP contribution in [0.5, 0.6) is 0 Å². The average Bonchev–Trinajstić information content (AvgIpc) is 2.95. The first-order chi connectivity index (χ1) is 12.1. The maximum absolute atomic E-state index is 10.4. The molecule has 0 unspecified atom stereocenters. The Bertz CT molecular complexity index is 551. The highest BCUT2D eigenvalue weighted by Gasteiger charge is 2.67. The van der Waals surface area contributed by atoms with Gasteiger partial charge in [0.2, 0.25) is 0 Å². The first-order valence-electron chi connectivity index (χ1n) is 10.5. The molecule has 1 heterocycles. The predicted molar refractivity (Wildman–Crippen MR) is 97.2 cm³/mol. The van der Waals surface area contributed by atoms with Crippen molar-refractivity contribution in [2.45, 2.75) is 96.6 Å². The van der Waals surface area contributed by atoms with Crippen LogP contribution in [0, 0.1) is 35.0 Å². The molecule has 3 aliphatic carbocycles. The molecule has 11 atom stereocenters. The van der Waals surface area contributed by atoms with Gasteiger partial charge >= 0.3 is 0 Å². The van der Waals surface area contributed by atoms with Crippen LogP contribution >= 0.6 is 0 Å². The summed E-state index contributed by atoms with van der Waals surface area (Å²) in [5.74, 6) is 3.38. The van der Waals surface area contributed by atoms with Crippen LogP contribution in [0.15, 0.2) is 0 Å². The molecule has 1 aliphatic heterocycles. The standard InChI is InChI=1S/C21H36O5/c1-10-6-7-12-14(10)15-13(20(15,3)4)8-9-21(12,5)26-19-18(24)17(23)16(22)11(2)25-19/h10-19,22-24H,6-9H2,1-5H3/t10-,11+,12+,13-,14-,15-,16+,17+,18+,19+,21+/m1/s1. The number of aliphatic hydroxyl groups excluding tert-OH is 3. The minimum atomic E-state index is -1.23. The molecule has 0 spiro atoms. The Morgan fingerprint density at radius 2 is 1.58 bits per heavy atom. The molecule has 5 heteroatoms. The van der Waals surface area contributed by atoms with Gasteiger partial charge in [-0.25, -0.2) is 0 Å². The summed E-state index contributed by atoms with van der Waals surface area (Å²) < 4.78 is 12.2. The van der Waals surface area contributed by atoms with Crippen molar-refractivity contribution >= 4 is 0 Å². The van der Waals surface area contributed by atoms with Crippen LogP contribution in [0.2, 0.25) is 0 Å². The lowest BCUT2D eigenvalue weighted by Crippen LogP contribution is -2.59. The zero-order valence-electron chi connectivity index (χ0n) is 16.8. The van der Waals surface area contributed by atoms with E-state index < -0.39 is 30.7 Å². The molecule has 0 amide bonds. The van der Waals surface area contributed by atoms with Crippen LogP contribution in [-0.4, -0.2) is 51.6 Å². The van der Waals surface area contributed by atoms with E-state index in [1.807, 2.05) is 0 Å². The van der Waals surface area contributed by atoms with E-state index >= 15 is 0 Å². The summed E-state index contributed by atoms with van der Waals surface area (Å²) in [6.45, 7) is 11.1. The highest BCUT2D eigenvalue weighted by Crippen LogP contribution is 2.71. The Hall–Kier alpha value is -0.200. The average molecular weight is 369 g/mol. The predicted octanol–water partition coefficient (Wildman–Crippen LogP) is 2.32. The molecule has 26 heavy (non-hydrogen) atoms. The van der Waals surface area contributed by atoms with Crippen LogP contribution in [0.1, 0.15) is 60.3 Å². The van der Waals surface area contributed by atoms with Crippen molar-refractivity contribution in [3.05, 3.63) is 0 Å². The van der Waals surface area contributed by atoms with Crippen molar-refractivity contribution < 1.29 is 24.8 Å². The normalized spacial score (nSPS) is 58.6. The third kappa shape index (κ3) is 2.69. The lowest BCUT2D eigenvalue weighted by molar-refractivity contribution is -0.327. The van der Waals surface area contributed by atoms with Gasteiger partial charge in [-0.2, -0.15) is 0 Å². The summed E-state index contributed by atoms with van der Waals surface area (Å²) in [6.07, 6.45) is -0.466. The summed E-state index contributed by atoms with van der Waals surface area (Å²) in [6, 6.07) is 0. The van der Waals surface area contributed by atoms with Crippen LogP contribution in [-0.2, 0) is 9.47 Å². The van der Waals surface area contributed by atoms with Gasteiger partial charge in [0.05, 0.1) is 11.7 Å². The minimum Gasteiger partial charge on any atom is -0.388 e. The molecule has 0 aromatic rings. The van der Waals surface area contributed by atoms with Crippen molar-refractivity contribution in [2.24, 2.45) is 35.0 Å². The van der Waals surface area contributed by atoms with Crippen molar-refractivity contribution in [1.29, 1.82) is 0 Å². The number of fused-ring (bicyclic) bond motifs is 3. The molecule has 150 valence electrons. The van der Waals surface area contributed by atoms with E-state index in [1.54, 1.807) is 6.92 Å². The maximum atomic E-state index is 10.4. The van der Waals surface area contributed by atoms with E-state index in [0.717, 1.165) is 31.1 Å². The molecule has 0 bridgehead atoms. The number of hydrogen-bond donors (Lipinski definition) is 3. The summed E-state index contributed by atoms with van der Waals surface area (Å²) in [7, 11) is 0. The molecule has 1 saturated heterocycles. The molecule has 3 saturated carbocycles. The molecule has 4 fully saturated rings. The van der Waals surface area contributed by atoms with Crippen molar-refractivity contribution in [3.8, 4) is 0 Å². The minimum absolute atomic E-state index is 0.355. The second kappa shape index (κ2) is 6.15. The third-order valence-corrected chi connectivity index (χ3v) is 8.54. The number of rotatable bonds is 2. The quantitative estimate of drug-likeness (QED) is 0.697. The molecular weight excluding hydrogens is 332 g/mol. The molecule has 4 rings (SSSR count). The fourth-order valence-electron chi connectivity index (χ4n) is 6.79. The van der Waals surface area contributed by atoms with Gasteiger partial charge in [0, 0.05) is 0 Å². The zero-order valence-corrected chi connectivity index (χ0v) is 16.8. The van der Waals surface area contributed by atoms with Gasteiger partial charge in [-0.15, -0.1) is 0 Å². The van der Waals surface area contributed by atoms with Gasteiger partial charge in [-0.1, -0.05) is 27.2 Å². The smallest absolute Gasteiger partial charge is 0.187 e. The number of hydrogen-bond acceptors (Lipinski definition) is 5. The Balaban J connectivity index is 1.56. The van der Waals surface area contributed by atoms with E-state index in [1.165, 1.54) is 6.42 Å². The van der Waals surface area contributed by atoms with Gasteiger partial charge in [-0.3, -0.25) is 0 Å². The SMILES string of the molecule is C[C@@H]1CC[C@H]2[C@@H]1[C@H]1[C@@H](CC[C@]2(C)O[C@@H]2O[C@@H](C)[C@H](O)[C@H](O)[C@@H]2O)C1(C)C. The van der Waals surface area contributed by atoms with Crippen LogP contribution < -0.4 is 0 Å². The van der Waals surface area contributed by atoms with Crippen molar-refractivity contribution in [1.82, 2.24) is 0 Å². The molecule has 3 N–H and O–H groups in total. The summed E-state index contributed by atoms with van der Waals surface area (Å²) in [5, 5.41) is 30.5. The Kier molecular flexibility index (Phi) is 4.52. The lowest BCUT2D eigenvalue weighted by Gasteiger charge is -2.46. The number of ether oxygens (including phenoxy) is 2. The van der Waals surface area contributed by atoms with Gasteiger partial charge in [0.25, 0.3) is 0 Å². The first kappa shape index (κ1) is 19.1. The van der Waals surface area contributed by atoms with Crippen molar-refractivity contribution in [2.75, 3.05) is 0 Å². The third-order valence-electron chi connectivity index (χ3n) is 8.54. The molecule has 5 nitrogen and oxygen atoms in total. The molecule has 4 aliphatic rings. The van der Waals surface area contributed by atoms with E-state index in [2.05, 4.69) is 27.7 Å².